The molecule has 6 nitrogen and oxygen atoms in total. The number of hydrogen-bond donors (Lipinski definition) is 2. The van der Waals surface area contributed by atoms with Crippen LogP contribution in [0.25, 0.3) is 0 Å². The summed E-state index contributed by atoms with van der Waals surface area (Å²) in [5, 5.41) is 11.6. The van der Waals surface area contributed by atoms with Gasteiger partial charge in [-0.15, -0.1) is 0 Å². The molecule has 104 valence electrons. The normalized spacial score (nSPS) is 10.5. The molecule has 0 saturated carbocycles. The maximum Gasteiger partial charge on any atom is 0.341 e. The summed E-state index contributed by atoms with van der Waals surface area (Å²) in [5.41, 5.74) is -0.171. The lowest BCUT2D eigenvalue weighted by Gasteiger charge is -2.12. The number of aromatic carboxylic acids is 1. The molecule has 0 aliphatic carbocycles. The van der Waals surface area contributed by atoms with Crippen molar-refractivity contribution in [2.24, 2.45) is 0 Å². The molecule has 0 aliphatic heterocycles. The molecule has 1 aromatic heterocycles. The van der Waals surface area contributed by atoms with Crippen LogP contribution in [0.4, 0.5) is 0 Å². The van der Waals surface area contributed by atoms with Crippen LogP contribution in [0.15, 0.2) is 17.1 Å². The minimum absolute atomic E-state index is 0.0668. The highest BCUT2D eigenvalue weighted by molar-refractivity contribution is 5.87. The number of aryl methyl sites for hydroxylation is 2. The Morgan fingerprint density at radius 2 is 2.05 bits per heavy atom. The summed E-state index contributed by atoms with van der Waals surface area (Å²) in [6.07, 6.45) is 1.52. The van der Waals surface area contributed by atoms with Gasteiger partial charge < -0.3 is 15.0 Å². The summed E-state index contributed by atoms with van der Waals surface area (Å²) in [6.45, 7) is 5.77. The number of amides is 1. The van der Waals surface area contributed by atoms with Gasteiger partial charge in [0.2, 0.25) is 5.91 Å². The lowest BCUT2D eigenvalue weighted by atomic mass is 10.2. The molecule has 1 amide bonds. The van der Waals surface area contributed by atoms with Crippen LogP contribution >= 0.6 is 0 Å². The molecule has 0 aliphatic rings. The molecule has 1 heterocycles. The Morgan fingerprint density at radius 1 is 1.42 bits per heavy atom. The van der Waals surface area contributed by atoms with Crippen LogP contribution < -0.4 is 10.7 Å². The summed E-state index contributed by atoms with van der Waals surface area (Å²) in [6, 6.07) is 1.33. The molecule has 0 fully saturated rings. The van der Waals surface area contributed by atoms with Crippen molar-refractivity contribution in [3.63, 3.8) is 0 Å². The summed E-state index contributed by atoms with van der Waals surface area (Å²) in [4.78, 5) is 33.8. The third-order valence-electron chi connectivity index (χ3n) is 2.60. The van der Waals surface area contributed by atoms with E-state index in [0.29, 0.717) is 12.2 Å². The Hall–Kier alpha value is -2.11. The number of nitrogens with zero attached hydrogens (tertiary/aromatic N) is 1. The molecule has 2 N–H and O–H groups in total. The zero-order valence-electron chi connectivity index (χ0n) is 11.3. The van der Waals surface area contributed by atoms with Crippen LogP contribution in [-0.4, -0.2) is 27.6 Å². The summed E-state index contributed by atoms with van der Waals surface area (Å²) in [5.74, 6) is -1.37. The predicted octanol–water partition coefficient (Wildman–Crippen LogP) is 0.770. The van der Waals surface area contributed by atoms with E-state index in [4.69, 9.17) is 5.11 Å². The zero-order chi connectivity index (χ0) is 14.6. The molecule has 0 unspecified atom stereocenters. The van der Waals surface area contributed by atoms with E-state index in [0.717, 1.165) is 0 Å². The van der Waals surface area contributed by atoms with Gasteiger partial charge in [-0.25, -0.2) is 4.79 Å². The maximum absolute atomic E-state index is 11.5. The van der Waals surface area contributed by atoms with E-state index < -0.39 is 11.4 Å². The van der Waals surface area contributed by atoms with Crippen LogP contribution in [0, 0.1) is 6.92 Å². The molecule has 0 aromatic carbocycles. The first-order valence-electron chi connectivity index (χ1n) is 6.05. The van der Waals surface area contributed by atoms with Gasteiger partial charge in [0.1, 0.15) is 5.56 Å². The van der Waals surface area contributed by atoms with Gasteiger partial charge in [0.15, 0.2) is 5.43 Å². The first-order valence-corrected chi connectivity index (χ1v) is 6.05. The predicted molar refractivity (Wildman–Crippen MR) is 70.3 cm³/mol. The SMILES string of the molecule is Cc1cc(=O)c(C(=O)O)cn1CCC(=O)NC(C)C. The topological polar surface area (TPSA) is 88.4 Å². The van der Waals surface area contributed by atoms with Crippen molar-refractivity contribution >= 4 is 11.9 Å². The first kappa shape index (κ1) is 14.9. The van der Waals surface area contributed by atoms with Gasteiger partial charge in [0, 0.05) is 37.0 Å². The molecule has 6 heteroatoms. The average molecular weight is 266 g/mol. The van der Waals surface area contributed by atoms with Crippen molar-refractivity contribution in [3.8, 4) is 0 Å². The first-order chi connectivity index (χ1) is 8.81. The smallest absolute Gasteiger partial charge is 0.341 e. The van der Waals surface area contributed by atoms with Crippen LogP contribution in [-0.2, 0) is 11.3 Å². The van der Waals surface area contributed by atoms with E-state index in [-0.39, 0.29) is 23.9 Å². The minimum atomic E-state index is -1.26. The van der Waals surface area contributed by atoms with Crippen LogP contribution in [0.1, 0.15) is 36.3 Å². The zero-order valence-corrected chi connectivity index (χ0v) is 11.3. The fourth-order valence-corrected chi connectivity index (χ4v) is 1.69. The number of aromatic nitrogens is 1. The number of carboxylic acids is 1. The molecule has 0 radical (unpaired) electrons. The fraction of sp³-hybridized carbons (Fsp3) is 0.462. The standard InChI is InChI=1S/C13H18N2O4/c1-8(2)14-12(17)4-5-15-7-10(13(18)19)11(16)6-9(15)3/h6-8H,4-5H2,1-3H3,(H,14,17)(H,18,19). The maximum atomic E-state index is 11.5. The number of pyridine rings is 1. The van der Waals surface area contributed by atoms with Gasteiger partial charge in [-0.1, -0.05) is 0 Å². The molecule has 0 bridgehead atoms. The highest BCUT2D eigenvalue weighted by Gasteiger charge is 2.11. The number of nitrogens with one attached hydrogen (secondary N) is 1. The minimum Gasteiger partial charge on any atom is -0.477 e. The third-order valence-corrected chi connectivity index (χ3v) is 2.60. The Morgan fingerprint density at radius 3 is 2.58 bits per heavy atom. The number of carboxylic acid groups (broad SMARTS) is 1. The van der Waals surface area contributed by atoms with E-state index in [1.54, 1.807) is 11.5 Å². The van der Waals surface area contributed by atoms with Crippen LogP contribution in [0.2, 0.25) is 0 Å². The van der Waals surface area contributed by atoms with E-state index in [1.165, 1.54) is 12.3 Å². The highest BCUT2D eigenvalue weighted by Crippen LogP contribution is 2.01. The molecular weight excluding hydrogens is 248 g/mol. The second-order valence-corrected chi connectivity index (χ2v) is 4.66. The molecular formula is C13H18N2O4. The van der Waals surface area contributed by atoms with Gasteiger partial charge in [-0.3, -0.25) is 9.59 Å². The Balaban J connectivity index is 2.84. The lowest BCUT2D eigenvalue weighted by molar-refractivity contribution is -0.121. The van der Waals surface area contributed by atoms with E-state index in [9.17, 15) is 14.4 Å². The van der Waals surface area contributed by atoms with Gasteiger partial charge in [0.05, 0.1) is 0 Å². The van der Waals surface area contributed by atoms with Gasteiger partial charge in [-0.05, 0) is 20.8 Å². The quantitative estimate of drug-likeness (QED) is 0.824. The van der Waals surface area contributed by atoms with Gasteiger partial charge >= 0.3 is 5.97 Å². The van der Waals surface area contributed by atoms with Crippen molar-refractivity contribution in [3.05, 3.63) is 33.7 Å². The lowest BCUT2D eigenvalue weighted by Crippen LogP contribution is -2.31. The average Bonchev–Trinajstić information content (AvgIpc) is 2.26. The number of rotatable bonds is 5. The number of carbonyl (C=O) groups is 2. The summed E-state index contributed by atoms with van der Waals surface area (Å²) in [7, 11) is 0. The second kappa shape index (κ2) is 6.17. The van der Waals surface area contributed by atoms with Crippen LogP contribution in [0.3, 0.4) is 0 Å². The second-order valence-electron chi connectivity index (χ2n) is 4.66. The van der Waals surface area contributed by atoms with E-state index >= 15 is 0 Å². The largest absolute Gasteiger partial charge is 0.477 e. The van der Waals surface area contributed by atoms with Crippen LogP contribution in [0.5, 0.6) is 0 Å². The third kappa shape index (κ3) is 4.24. The molecule has 1 aromatic rings. The van der Waals surface area contributed by atoms with E-state index in [2.05, 4.69) is 5.32 Å². The summed E-state index contributed by atoms with van der Waals surface area (Å²) < 4.78 is 1.60. The van der Waals surface area contributed by atoms with Crippen molar-refractivity contribution in [2.75, 3.05) is 0 Å². The Kier molecular flexibility index (Phi) is 4.86. The highest BCUT2D eigenvalue weighted by atomic mass is 16.4. The Bertz CT molecular complexity index is 546. The van der Waals surface area contributed by atoms with Crippen molar-refractivity contribution in [2.45, 2.75) is 39.8 Å². The monoisotopic (exact) mass is 266 g/mol. The van der Waals surface area contributed by atoms with E-state index in [1.807, 2.05) is 13.8 Å². The molecule has 0 atom stereocenters. The van der Waals surface area contributed by atoms with Crippen molar-refractivity contribution < 1.29 is 14.7 Å². The molecule has 19 heavy (non-hydrogen) atoms. The molecule has 0 spiro atoms. The Labute approximate surface area is 111 Å². The molecule has 0 saturated heterocycles. The number of carbonyl (C=O) groups excluding carboxylic acids is 1. The fourth-order valence-electron chi connectivity index (χ4n) is 1.69. The van der Waals surface area contributed by atoms with Gasteiger partial charge in [-0.2, -0.15) is 0 Å². The van der Waals surface area contributed by atoms with Crippen molar-refractivity contribution in [1.29, 1.82) is 0 Å². The number of hydrogen-bond acceptors (Lipinski definition) is 3. The summed E-state index contributed by atoms with van der Waals surface area (Å²) >= 11 is 0. The molecule has 1 rings (SSSR count). The van der Waals surface area contributed by atoms with Gasteiger partial charge in [0.25, 0.3) is 0 Å². The van der Waals surface area contributed by atoms with Crippen molar-refractivity contribution in [1.82, 2.24) is 9.88 Å².